The van der Waals surface area contributed by atoms with E-state index in [9.17, 15) is 13.2 Å². The molecular weight excluding hydrogens is 398 g/mol. The van der Waals surface area contributed by atoms with Gasteiger partial charge in [0.25, 0.3) is 5.91 Å². The van der Waals surface area contributed by atoms with Crippen LogP contribution in [0.25, 0.3) is 0 Å². The molecule has 1 aliphatic heterocycles. The molecule has 1 fully saturated rings. The summed E-state index contributed by atoms with van der Waals surface area (Å²) in [5, 5.41) is 2.95. The number of nitrogens with one attached hydrogen (secondary N) is 1. The van der Waals surface area contributed by atoms with Crippen LogP contribution in [0.15, 0.2) is 59.5 Å². The van der Waals surface area contributed by atoms with Gasteiger partial charge in [0.1, 0.15) is 0 Å². The van der Waals surface area contributed by atoms with E-state index >= 15 is 0 Å². The summed E-state index contributed by atoms with van der Waals surface area (Å²) >= 11 is 0. The van der Waals surface area contributed by atoms with Gasteiger partial charge in [-0.2, -0.15) is 4.31 Å². The van der Waals surface area contributed by atoms with Crippen LogP contribution in [0.3, 0.4) is 0 Å². The van der Waals surface area contributed by atoms with Crippen LogP contribution in [-0.4, -0.2) is 56.3 Å². The molecule has 0 unspecified atom stereocenters. The second kappa shape index (κ2) is 10.2. The summed E-state index contributed by atoms with van der Waals surface area (Å²) in [6.45, 7) is 8.03. The van der Waals surface area contributed by atoms with Crippen LogP contribution >= 0.6 is 0 Å². The fraction of sp³-hybridized carbons (Fsp3) is 0.435. The highest BCUT2D eigenvalue weighted by molar-refractivity contribution is 7.89. The quantitative estimate of drug-likeness (QED) is 0.700. The summed E-state index contributed by atoms with van der Waals surface area (Å²) in [7, 11) is -3.42. The average molecular weight is 430 g/mol. The van der Waals surface area contributed by atoms with Crippen molar-refractivity contribution < 1.29 is 13.2 Å². The predicted octanol–water partition coefficient (Wildman–Crippen LogP) is 2.97. The van der Waals surface area contributed by atoms with Gasteiger partial charge in [0.2, 0.25) is 10.0 Å². The van der Waals surface area contributed by atoms with Gasteiger partial charge in [-0.15, -0.1) is 0 Å². The normalized spacial score (nSPS) is 16.0. The van der Waals surface area contributed by atoms with Gasteiger partial charge in [0.05, 0.1) is 4.90 Å². The summed E-state index contributed by atoms with van der Waals surface area (Å²) in [5.74, 6) is 0.526. The van der Waals surface area contributed by atoms with Crippen molar-refractivity contribution in [2.75, 3.05) is 32.7 Å². The third-order valence-electron chi connectivity index (χ3n) is 5.34. The number of benzene rings is 2. The van der Waals surface area contributed by atoms with Crippen molar-refractivity contribution in [3.63, 3.8) is 0 Å². The Hall–Kier alpha value is -2.22. The molecular formula is C23H31N3O3S. The van der Waals surface area contributed by atoms with E-state index in [0.717, 1.165) is 18.5 Å². The SMILES string of the molecule is CC(C)CCNC(=O)c1ccc(CN2CCN(S(=O)(=O)c3ccccc3)CC2)cc1. The van der Waals surface area contributed by atoms with Crippen LogP contribution in [0.1, 0.15) is 36.2 Å². The standard InChI is InChI=1S/C23H31N3O3S/c1-19(2)12-13-24-23(27)21-10-8-20(9-11-21)18-25-14-16-26(17-15-25)30(28,29)22-6-4-3-5-7-22/h3-11,19H,12-18H2,1-2H3,(H,24,27). The van der Waals surface area contributed by atoms with Crippen LogP contribution < -0.4 is 5.32 Å². The maximum Gasteiger partial charge on any atom is 0.251 e. The molecule has 0 aliphatic carbocycles. The Labute approximate surface area is 179 Å². The monoisotopic (exact) mass is 429 g/mol. The lowest BCUT2D eigenvalue weighted by Gasteiger charge is -2.34. The highest BCUT2D eigenvalue weighted by atomic mass is 32.2. The molecule has 3 rings (SSSR count). The van der Waals surface area contributed by atoms with Gasteiger partial charge in [0.15, 0.2) is 0 Å². The first-order valence-corrected chi connectivity index (χ1v) is 11.9. The Morgan fingerprint density at radius 3 is 2.20 bits per heavy atom. The smallest absolute Gasteiger partial charge is 0.251 e. The maximum atomic E-state index is 12.7. The summed E-state index contributed by atoms with van der Waals surface area (Å²) in [4.78, 5) is 14.8. The van der Waals surface area contributed by atoms with Crippen molar-refractivity contribution in [2.45, 2.75) is 31.7 Å². The van der Waals surface area contributed by atoms with Crippen LogP contribution in [0, 0.1) is 5.92 Å². The molecule has 1 N–H and O–H groups in total. The van der Waals surface area contributed by atoms with Gasteiger partial charge in [0, 0.05) is 44.8 Å². The Morgan fingerprint density at radius 1 is 0.967 bits per heavy atom. The second-order valence-corrected chi connectivity index (χ2v) is 10.1. The van der Waals surface area contributed by atoms with E-state index in [-0.39, 0.29) is 5.91 Å². The molecule has 30 heavy (non-hydrogen) atoms. The molecule has 2 aromatic rings. The van der Waals surface area contributed by atoms with E-state index in [0.29, 0.717) is 49.1 Å². The minimum absolute atomic E-state index is 0.0399. The zero-order valence-corrected chi connectivity index (χ0v) is 18.6. The number of rotatable bonds is 8. The highest BCUT2D eigenvalue weighted by Crippen LogP contribution is 2.18. The van der Waals surface area contributed by atoms with Gasteiger partial charge in [-0.3, -0.25) is 9.69 Å². The maximum absolute atomic E-state index is 12.7. The Bertz CT molecular complexity index is 920. The van der Waals surface area contributed by atoms with E-state index in [2.05, 4.69) is 24.1 Å². The number of amides is 1. The van der Waals surface area contributed by atoms with Crippen molar-refractivity contribution in [3.8, 4) is 0 Å². The van der Waals surface area contributed by atoms with E-state index < -0.39 is 10.0 Å². The summed E-state index contributed by atoms with van der Waals surface area (Å²) in [5.41, 5.74) is 1.79. The van der Waals surface area contributed by atoms with E-state index in [1.165, 1.54) is 0 Å². The van der Waals surface area contributed by atoms with Crippen LogP contribution in [-0.2, 0) is 16.6 Å². The molecule has 0 spiro atoms. The van der Waals surface area contributed by atoms with Crippen LogP contribution in [0.2, 0.25) is 0 Å². The molecule has 2 aromatic carbocycles. The lowest BCUT2D eigenvalue weighted by molar-refractivity contribution is 0.0952. The van der Waals surface area contributed by atoms with Crippen molar-refractivity contribution >= 4 is 15.9 Å². The van der Waals surface area contributed by atoms with Crippen molar-refractivity contribution in [1.29, 1.82) is 0 Å². The number of carbonyl (C=O) groups excluding carboxylic acids is 1. The minimum atomic E-state index is -3.42. The second-order valence-electron chi connectivity index (χ2n) is 8.13. The fourth-order valence-electron chi connectivity index (χ4n) is 3.47. The first-order valence-electron chi connectivity index (χ1n) is 10.5. The molecule has 162 valence electrons. The minimum Gasteiger partial charge on any atom is -0.352 e. The zero-order valence-electron chi connectivity index (χ0n) is 17.8. The lowest BCUT2D eigenvalue weighted by atomic mass is 10.1. The summed E-state index contributed by atoms with van der Waals surface area (Å²) in [6, 6.07) is 16.3. The van der Waals surface area contributed by atoms with Gasteiger partial charge < -0.3 is 5.32 Å². The van der Waals surface area contributed by atoms with Gasteiger partial charge in [-0.1, -0.05) is 44.2 Å². The molecule has 1 amide bonds. The first kappa shape index (κ1) is 22.5. The van der Waals surface area contributed by atoms with Gasteiger partial charge in [-0.25, -0.2) is 8.42 Å². The zero-order chi connectivity index (χ0) is 21.6. The van der Waals surface area contributed by atoms with Gasteiger partial charge >= 0.3 is 0 Å². The van der Waals surface area contributed by atoms with Crippen molar-refractivity contribution in [2.24, 2.45) is 5.92 Å². The fourth-order valence-corrected chi connectivity index (χ4v) is 4.91. The number of hydrogen-bond donors (Lipinski definition) is 1. The largest absolute Gasteiger partial charge is 0.352 e. The predicted molar refractivity (Wildman–Crippen MR) is 119 cm³/mol. The lowest BCUT2D eigenvalue weighted by Crippen LogP contribution is -2.48. The Balaban J connectivity index is 1.50. The highest BCUT2D eigenvalue weighted by Gasteiger charge is 2.28. The molecule has 0 bridgehead atoms. The number of nitrogens with zero attached hydrogens (tertiary/aromatic N) is 2. The first-order chi connectivity index (χ1) is 14.4. The van der Waals surface area contributed by atoms with E-state index in [4.69, 9.17) is 0 Å². The molecule has 1 saturated heterocycles. The number of sulfonamides is 1. The molecule has 1 heterocycles. The third-order valence-corrected chi connectivity index (χ3v) is 7.25. The van der Waals surface area contributed by atoms with Crippen molar-refractivity contribution in [1.82, 2.24) is 14.5 Å². The average Bonchev–Trinajstić information content (AvgIpc) is 2.75. The molecule has 0 radical (unpaired) electrons. The molecule has 6 nitrogen and oxygen atoms in total. The number of carbonyl (C=O) groups is 1. The molecule has 1 aliphatic rings. The number of hydrogen-bond acceptors (Lipinski definition) is 4. The van der Waals surface area contributed by atoms with E-state index in [1.54, 1.807) is 28.6 Å². The topological polar surface area (TPSA) is 69.7 Å². The van der Waals surface area contributed by atoms with E-state index in [1.807, 2.05) is 30.3 Å². The van der Waals surface area contributed by atoms with Crippen molar-refractivity contribution in [3.05, 3.63) is 65.7 Å². The molecule has 0 saturated carbocycles. The van der Waals surface area contributed by atoms with Crippen LogP contribution in [0.4, 0.5) is 0 Å². The summed E-state index contributed by atoms with van der Waals surface area (Å²) < 4.78 is 27.0. The van der Waals surface area contributed by atoms with Gasteiger partial charge in [-0.05, 0) is 42.2 Å². The third kappa shape index (κ3) is 5.90. The summed E-state index contributed by atoms with van der Waals surface area (Å²) in [6.07, 6.45) is 0.968. The number of piperazine rings is 1. The Kier molecular flexibility index (Phi) is 7.64. The Morgan fingerprint density at radius 2 is 1.60 bits per heavy atom. The molecule has 0 aromatic heterocycles. The van der Waals surface area contributed by atoms with Crippen LogP contribution in [0.5, 0.6) is 0 Å². The molecule has 7 heteroatoms. The molecule has 0 atom stereocenters.